The first-order chi connectivity index (χ1) is 6.29. The van der Waals surface area contributed by atoms with Crippen molar-refractivity contribution in [1.29, 1.82) is 0 Å². The lowest BCUT2D eigenvalue weighted by atomic mass is 10.2. The summed E-state index contributed by atoms with van der Waals surface area (Å²) in [6.07, 6.45) is 6.23. The number of aliphatic hydroxyl groups is 1. The van der Waals surface area contributed by atoms with Gasteiger partial charge < -0.3 is 10.4 Å². The average molecular weight is 187 g/mol. The fourth-order valence-corrected chi connectivity index (χ4v) is 1.45. The molecule has 1 aliphatic carbocycles. The van der Waals surface area contributed by atoms with Crippen molar-refractivity contribution < 1.29 is 5.11 Å². The Kier molecular flexibility index (Phi) is 8.46. The van der Waals surface area contributed by atoms with Gasteiger partial charge in [-0.1, -0.05) is 26.7 Å². The summed E-state index contributed by atoms with van der Waals surface area (Å²) in [7, 11) is 2.06. The Hall–Kier alpha value is -0.0800. The lowest BCUT2D eigenvalue weighted by Crippen LogP contribution is -2.10. The van der Waals surface area contributed by atoms with E-state index in [4.69, 9.17) is 5.11 Å². The van der Waals surface area contributed by atoms with Crippen molar-refractivity contribution in [3.63, 3.8) is 0 Å². The molecule has 2 atom stereocenters. The molecule has 2 nitrogen and oxygen atoms in total. The van der Waals surface area contributed by atoms with Crippen LogP contribution in [0.2, 0.25) is 0 Å². The van der Waals surface area contributed by atoms with Gasteiger partial charge in [-0.3, -0.25) is 0 Å². The summed E-state index contributed by atoms with van der Waals surface area (Å²) in [5.41, 5.74) is 0. The van der Waals surface area contributed by atoms with Gasteiger partial charge in [0.05, 0.1) is 0 Å². The zero-order valence-electron chi connectivity index (χ0n) is 9.34. The molecule has 0 heterocycles. The molecule has 2 N–H and O–H groups in total. The van der Waals surface area contributed by atoms with E-state index >= 15 is 0 Å². The Labute approximate surface area is 82.7 Å². The third kappa shape index (κ3) is 7.03. The Balaban J connectivity index is 0.000000252. The molecule has 2 unspecified atom stereocenters. The van der Waals surface area contributed by atoms with Gasteiger partial charge in [0.2, 0.25) is 0 Å². The molecule has 0 amide bonds. The zero-order valence-corrected chi connectivity index (χ0v) is 9.34. The predicted octanol–water partition coefficient (Wildman–Crippen LogP) is 2.17. The smallest absolute Gasteiger partial charge is 0.0430 e. The van der Waals surface area contributed by atoms with E-state index in [1.54, 1.807) is 0 Å². The molecular weight excluding hydrogens is 162 g/mol. The Morgan fingerprint density at radius 3 is 2.23 bits per heavy atom. The van der Waals surface area contributed by atoms with Crippen LogP contribution in [0.25, 0.3) is 0 Å². The highest BCUT2D eigenvalue weighted by atomic mass is 16.2. The van der Waals surface area contributed by atoms with Crippen LogP contribution in [0, 0.1) is 5.92 Å². The summed E-state index contributed by atoms with van der Waals surface area (Å²) in [4.78, 5) is 0. The topological polar surface area (TPSA) is 32.3 Å². The van der Waals surface area contributed by atoms with Crippen LogP contribution in [0.5, 0.6) is 0 Å². The first kappa shape index (κ1) is 12.9. The monoisotopic (exact) mass is 187 g/mol. The largest absolute Gasteiger partial charge is 0.396 e. The van der Waals surface area contributed by atoms with Crippen molar-refractivity contribution in [3.8, 4) is 0 Å². The van der Waals surface area contributed by atoms with Gasteiger partial charge in [0.15, 0.2) is 0 Å². The Morgan fingerprint density at radius 2 is 2.00 bits per heavy atom. The summed E-state index contributed by atoms with van der Waals surface area (Å²) < 4.78 is 0. The average Bonchev–Trinajstić information content (AvgIpc) is 2.87. The van der Waals surface area contributed by atoms with Crippen molar-refractivity contribution >= 4 is 0 Å². The van der Waals surface area contributed by atoms with E-state index in [1.165, 1.54) is 19.3 Å². The van der Waals surface area contributed by atoms with Gasteiger partial charge in [-0.25, -0.2) is 0 Å². The number of rotatable bonds is 5. The second-order valence-electron chi connectivity index (χ2n) is 3.76. The summed E-state index contributed by atoms with van der Waals surface area (Å²) in [6, 6.07) is 0.870. The minimum atomic E-state index is 0.344. The molecule has 0 aromatic carbocycles. The van der Waals surface area contributed by atoms with E-state index in [-0.39, 0.29) is 0 Å². The second kappa shape index (κ2) is 8.52. The van der Waals surface area contributed by atoms with Crippen LogP contribution in [0.1, 0.15) is 46.0 Å². The molecule has 1 rings (SSSR count). The SMILES string of the molecule is CCCC1CC1NC.CCCCO. The van der Waals surface area contributed by atoms with Crippen molar-refractivity contribution in [3.05, 3.63) is 0 Å². The third-order valence-electron chi connectivity index (χ3n) is 2.46. The van der Waals surface area contributed by atoms with Crippen LogP contribution in [0.15, 0.2) is 0 Å². The maximum absolute atomic E-state index is 8.07. The van der Waals surface area contributed by atoms with Gasteiger partial charge in [0, 0.05) is 12.6 Å². The lowest BCUT2D eigenvalue weighted by molar-refractivity contribution is 0.287. The van der Waals surface area contributed by atoms with Crippen LogP contribution in [0.3, 0.4) is 0 Å². The number of nitrogens with one attached hydrogen (secondary N) is 1. The van der Waals surface area contributed by atoms with Crippen LogP contribution >= 0.6 is 0 Å². The van der Waals surface area contributed by atoms with Gasteiger partial charge in [-0.15, -0.1) is 0 Å². The van der Waals surface area contributed by atoms with Crippen molar-refractivity contribution in [2.75, 3.05) is 13.7 Å². The minimum absolute atomic E-state index is 0.344. The summed E-state index contributed by atoms with van der Waals surface area (Å²) in [6.45, 7) is 4.65. The molecule has 2 heteroatoms. The molecule has 0 radical (unpaired) electrons. The van der Waals surface area contributed by atoms with Gasteiger partial charge in [-0.2, -0.15) is 0 Å². The maximum Gasteiger partial charge on any atom is 0.0430 e. The zero-order chi connectivity index (χ0) is 10.1. The van der Waals surface area contributed by atoms with E-state index < -0.39 is 0 Å². The van der Waals surface area contributed by atoms with E-state index in [1.807, 2.05) is 0 Å². The molecule has 1 aliphatic rings. The second-order valence-corrected chi connectivity index (χ2v) is 3.76. The predicted molar refractivity (Wildman–Crippen MR) is 57.9 cm³/mol. The van der Waals surface area contributed by atoms with Crippen molar-refractivity contribution in [1.82, 2.24) is 5.32 Å². The van der Waals surface area contributed by atoms with E-state index in [9.17, 15) is 0 Å². The highest BCUT2D eigenvalue weighted by Crippen LogP contribution is 2.33. The molecule has 0 aliphatic heterocycles. The van der Waals surface area contributed by atoms with Crippen LogP contribution in [0.4, 0.5) is 0 Å². The molecule has 0 aromatic rings. The van der Waals surface area contributed by atoms with Crippen LogP contribution in [-0.4, -0.2) is 24.8 Å². The summed E-state index contributed by atoms with van der Waals surface area (Å²) >= 11 is 0. The normalized spacial score (nSPS) is 24.9. The van der Waals surface area contributed by atoms with Gasteiger partial charge >= 0.3 is 0 Å². The summed E-state index contributed by atoms with van der Waals surface area (Å²) in [5.74, 6) is 1.02. The molecule has 0 aromatic heterocycles. The molecule has 0 spiro atoms. The minimum Gasteiger partial charge on any atom is -0.396 e. The van der Waals surface area contributed by atoms with Gasteiger partial charge in [0.1, 0.15) is 0 Å². The fourth-order valence-electron chi connectivity index (χ4n) is 1.45. The van der Waals surface area contributed by atoms with Crippen LogP contribution in [-0.2, 0) is 0 Å². The maximum atomic E-state index is 8.07. The van der Waals surface area contributed by atoms with E-state index in [0.29, 0.717) is 6.61 Å². The van der Waals surface area contributed by atoms with E-state index in [2.05, 4.69) is 26.2 Å². The molecule has 80 valence electrons. The molecule has 0 bridgehead atoms. The Morgan fingerprint density at radius 1 is 1.31 bits per heavy atom. The Bertz CT molecular complexity index is 104. The number of aliphatic hydroxyl groups excluding tert-OH is 1. The molecule has 13 heavy (non-hydrogen) atoms. The number of unbranched alkanes of at least 4 members (excludes halogenated alkanes) is 1. The first-order valence-corrected chi connectivity index (χ1v) is 5.58. The standard InChI is InChI=1S/C7H15N.C4H10O/c1-3-4-6-5-7(6)8-2;1-2-3-4-5/h6-8H,3-5H2,1-2H3;5H,2-4H2,1H3. The van der Waals surface area contributed by atoms with E-state index in [0.717, 1.165) is 24.8 Å². The van der Waals surface area contributed by atoms with Gasteiger partial charge in [-0.05, 0) is 32.2 Å². The number of hydrogen-bond acceptors (Lipinski definition) is 2. The van der Waals surface area contributed by atoms with Crippen molar-refractivity contribution in [2.45, 2.75) is 52.0 Å². The fraction of sp³-hybridized carbons (Fsp3) is 1.00. The molecular formula is C11H25NO. The third-order valence-corrected chi connectivity index (χ3v) is 2.46. The van der Waals surface area contributed by atoms with Crippen molar-refractivity contribution in [2.24, 2.45) is 5.92 Å². The van der Waals surface area contributed by atoms with Crippen LogP contribution < -0.4 is 5.32 Å². The highest BCUT2D eigenvalue weighted by molar-refractivity contribution is 4.91. The molecule has 1 saturated carbocycles. The summed E-state index contributed by atoms with van der Waals surface area (Å²) in [5, 5.41) is 11.3. The van der Waals surface area contributed by atoms with Gasteiger partial charge in [0.25, 0.3) is 0 Å². The molecule has 0 saturated heterocycles. The highest BCUT2D eigenvalue weighted by Gasteiger charge is 2.33. The quantitative estimate of drug-likeness (QED) is 0.691. The first-order valence-electron chi connectivity index (χ1n) is 5.58. The number of hydrogen-bond donors (Lipinski definition) is 2. The lowest BCUT2D eigenvalue weighted by Gasteiger charge is -1.92. The molecule has 1 fully saturated rings.